The Morgan fingerprint density at radius 2 is 0.887 bits per heavy atom. The molecule has 1 aromatic heterocycles. The lowest BCUT2D eigenvalue weighted by atomic mass is 9.82. The number of benzene rings is 8. The van der Waals surface area contributed by atoms with Gasteiger partial charge in [0.2, 0.25) is 0 Å². The van der Waals surface area contributed by atoms with Gasteiger partial charge in [0.25, 0.3) is 0 Å². The monoisotopic (exact) mass is 794 g/mol. The molecule has 9 aromatic rings. The van der Waals surface area contributed by atoms with Crippen molar-refractivity contribution < 1.29 is 0 Å². The van der Waals surface area contributed by atoms with Gasteiger partial charge in [-0.05, 0) is 133 Å². The van der Waals surface area contributed by atoms with E-state index in [2.05, 4.69) is 231 Å². The van der Waals surface area contributed by atoms with Gasteiger partial charge in [-0.3, -0.25) is 0 Å². The van der Waals surface area contributed by atoms with Crippen molar-refractivity contribution in [1.29, 1.82) is 0 Å². The lowest BCUT2D eigenvalue weighted by Crippen LogP contribution is -2.28. The van der Waals surface area contributed by atoms with Crippen LogP contribution in [0.1, 0.15) is 61.4 Å². The maximum atomic E-state index is 2.56. The van der Waals surface area contributed by atoms with Gasteiger partial charge in [0.15, 0.2) is 0 Å². The Balaban J connectivity index is 0.884. The molecule has 2 unspecified atom stereocenters. The van der Waals surface area contributed by atoms with E-state index in [1.54, 1.807) is 0 Å². The van der Waals surface area contributed by atoms with Crippen LogP contribution in [-0.2, 0) is 10.8 Å². The molecule has 0 saturated heterocycles. The molecule has 0 saturated carbocycles. The maximum absolute atomic E-state index is 2.56. The molecule has 0 fully saturated rings. The number of rotatable bonds is 4. The largest absolute Gasteiger partial charge is 0.333 e. The Labute approximate surface area is 363 Å². The summed E-state index contributed by atoms with van der Waals surface area (Å²) in [5.74, 6) is 0.364. The Hall–Kier alpha value is -7.16. The van der Waals surface area contributed by atoms with E-state index in [1.165, 1.54) is 111 Å². The molecule has 13 rings (SSSR count). The van der Waals surface area contributed by atoms with Gasteiger partial charge in [-0.25, -0.2) is 0 Å². The average Bonchev–Trinajstić information content (AvgIpc) is 3.97. The third kappa shape index (κ3) is 4.87. The van der Waals surface area contributed by atoms with Gasteiger partial charge < -0.3 is 9.47 Å². The van der Waals surface area contributed by atoms with Crippen molar-refractivity contribution in [2.75, 3.05) is 4.90 Å². The van der Waals surface area contributed by atoms with Crippen LogP contribution in [0.4, 0.5) is 11.4 Å². The zero-order chi connectivity index (χ0) is 41.5. The number of anilines is 2. The molecule has 62 heavy (non-hydrogen) atoms. The van der Waals surface area contributed by atoms with E-state index >= 15 is 0 Å². The van der Waals surface area contributed by atoms with Crippen molar-refractivity contribution in [3.05, 3.63) is 222 Å². The summed E-state index contributed by atoms with van der Waals surface area (Å²) in [6.07, 6.45) is 9.14. The molecule has 2 heterocycles. The second-order valence-electron chi connectivity index (χ2n) is 18.9. The molecule has 4 aliphatic rings. The minimum absolute atomic E-state index is 0.0849. The highest BCUT2D eigenvalue weighted by Crippen LogP contribution is 2.54. The van der Waals surface area contributed by atoms with E-state index in [0.29, 0.717) is 5.92 Å². The predicted molar refractivity (Wildman–Crippen MR) is 260 cm³/mol. The summed E-state index contributed by atoms with van der Waals surface area (Å²) >= 11 is 0. The second-order valence-corrected chi connectivity index (χ2v) is 18.9. The van der Waals surface area contributed by atoms with Crippen LogP contribution in [0.3, 0.4) is 0 Å². The quantitative estimate of drug-likeness (QED) is 0.172. The van der Waals surface area contributed by atoms with E-state index < -0.39 is 0 Å². The van der Waals surface area contributed by atoms with Crippen molar-refractivity contribution in [3.63, 3.8) is 0 Å². The van der Waals surface area contributed by atoms with Crippen LogP contribution in [0, 0.1) is 0 Å². The standard InChI is InChI=1S/C60H46N2/c1-59(2)51-28-24-39(33-47(51)49-35-41(26-30-53(49)59)61-55-20-9-5-16-43(55)44-17-6-10-21-56(44)61)37-14-13-15-38(32-37)40-25-29-52-48(34-40)50-36-42(27-31-54(50)60(52,3)4)62-57-22-11-7-18-45(57)46-19-8-12-23-58(46)62/h5-36,43,55H,1-4H3. The molecule has 2 nitrogen and oxygen atoms in total. The minimum Gasteiger partial charge on any atom is -0.333 e. The van der Waals surface area contributed by atoms with Crippen molar-refractivity contribution in [2.24, 2.45) is 0 Å². The SMILES string of the molecule is CC1(C)c2ccc(-c3cccc(-c4ccc5c(c4)-c4cc(-n6c7ccccc7c7ccccc76)ccc4C5(C)C)c3)cc2-c2cc(N3c4ccccc4C4C=CC=CC43)ccc21. The first-order valence-electron chi connectivity index (χ1n) is 22.2. The van der Waals surface area contributed by atoms with Crippen LogP contribution in [0.15, 0.2) is 194 Å². The van der Waals surface area contributed by atoms with E-state index in [4.69, 9.17) is 0 Å². The van der Waals surface area contributed by atoms with E-state index in [1.807, 2.05) is 0 Å². The molecule has 3 aliphatic carbocycles. The fourth-order valence-corrected chi connectivity index (χ4v) is 11.8. The van der Waals surface area contributed by atoms with Crippen LogP contribution >= 0.6 is 0 Å². The highest BCUT2D eigenvalue weighted by molar-refractivity contribution is 6.09. The molecule has 0 amide bonds. The molecule has 2 heteroatoms. The second kappa shape index (κ2) is 12.7. The van der Waals surface area contributed by atoms with Crippen LogP contribution in [-0.4, -0.2) is 10.6 Å². The lowest BCUT2D eigenvalue weighted by molar-refractivity contribution is 0.660. The molecule has 0 N–H and O–H groups in total. The highest BCUT2D eigenvalue weighted by Gasteiger charge is 2.40. The van der Waals surface area contributed by atoms with E-state index in [0.717, 1.165) is 0 Å². The Morgan fingerprint density at radius 1 is 0.403 bits per heavy atom. The summed E-state index contributed by atoms with van der Waals surface area (Å²) in [6.45, 7) is 9.51. The van der Waals surface area contributed by atoms with E-state index in [9.17, 15) is 0 Å². The summed E-state index contributed by atoms with van der Waals surface area (Å²) in [4.78, 5) is 2.56. The van der Waals surface area contributed by atoms with Gasteiger partial charge in [0, 0.05) is 44.6 Å². The highest BCUT2D eigenvalue weighted by atomic mass is 15.2. The Bertz CT molecular complexity index is 3390. The van der Waals surface area contributed by atoms with Crippen LogP contribution in [0.5, 0.6) is 0 Å². The number of fused-ring (bicyclic) bond motifs is 12. The Morgan fingerprint density at radius 3 is 1.52 bits per heavy atom. The van der Waals surface area contributed by atoms with Crippen LogP contribution < -0.4 is 4.90 Å². The number of nitrogens with zero attached hydrogens (tertiary/aromatic N) is 2. The smallest absolute Gasteiger partial charge is 0.0629 e. The van der Waals surface area contributed by atoms with Crippen molar-refractivity contribution in [1.82, 2.24) is 4.57 Å². The molecular weight excluding hydrogens is 749 g/mol. The molecule has 1 aliphatic heterocycles. The lowest BCUT2D eigenvalue weighted by Gasteiger charge is -2.29. The zero-order valence-corrected chi connectivity index (χ0v) is 35.5. The number of allylic oxidation sites excluding steroid dienone is 2. The van der Waals surface area contributed by atoms with Gasteiger partial charge >= 0.3 is 0 Å². The maximum Gasteiger partial charge on any atom is 0.0629 e. The number of hydrogen-bond donors (Lipinski definition) is 0. The van der Waals surface area contributed by atoms with Gasteiger partial charge in [-0.2, -0.15) is 0 Å². The fourth-order valence-electron chi connectivity index (χ4n) is 11.8. The first kappa shape index (κ1) is 35.6. The third-order valence-electron chi connectivity index (χ3n) is 14.9. The molecule has 296 valence electrons. The normalized spacial score (nSPS) is 18.1. The molecule has 2 atom stereocenters. The van der Waals surface area contributed by atoms with Crippen molar-refractivity contribution in [2.45, 2.75) is 50.5 Å². The summed E-state index contributed by atoms with van der Waals surface area (Å²) in [6, 6.07) is 64.6. The van der Waals surface area contributed by atoms with Crippen LogP contribution in [0.2, 0.25) is 0 Å². The molecule has 8 aromatic carbocycles. The summed E-state index contributed by atoms with van der Waals surface area (Å²) < 4.78 is 2.44. The summed E-state index contributed by atoms with van der Waals surface area (Å²) in [5, 5.41) is 2.57. The fraction of sp³-hybridized carbons (Fsp3) is 0.133. The number of aromatic nitrogens is 1. The summed E-state index contributed by atoms with van der Waals surface area (Å²) in [5.41, 5.74) is 23.3. The van der Waals surface area contributed by atoms with Crippen molar-refractivity contribution >= 4 is 33.2 Å². The predicted octanol–water partition coefficient (Wildman–Crippen LogP) is 15.5. The summed E-state index contributed by atoms with van der Waals surface area (Å²) in [7, 11) is 0. The first-order valence-corrected chi connectivity index (χ1v) is 22.2. The van der Waals surface area contributed by atoms with Gasteiger partial charge in [0.1, 0.15) is 0 Å². The Kier molecular flexibility index (Phi) is 7.28. The molecule has 0 spiro atoms. The minimum atomic E-state index is -0.0945. The topological polar surface area (TPSA) is 8.17 Å². The molecule has 0 bridgehead atoms. The molecule has 0 radical (unpaired) electrons. The van der Waals surface area contributed by atoms with Crippen LogP contribution in [0.25, 0.3) is 72.0 Å². The zero-order valence-electron chi connectivity index (χ0n) is 35.5. The van der Waals surface area contributed by atoms with Gasteiger partial charge in [-0.1, -0.05) is 161 Å². The van der Waals surface area contributed by atoms with Gasteiger partial charge in [-0.15, -0.1) is 0 Å². The number of hydrogen-bond acceptors (Lipinski definition) is 1. The van der Waals surface area contributed by atoms with E-state index in [-0.39, 0.29) is 16.9 Å². The third-order valence-corrected chi connectivity index (χ3v) is 14.9. The molecular formula is C60H46N2. The van der Waals surface area contributed by atoms with Crippen molar-refractivity contribution in [3.8, 4) is 50.2 Å². The first-order chi connectivity index (χ1) is 30.3. The van der Waals surface area contributed by atoms with Gasteiger partial charge in [0.05, 0.1) is 17.1 Å². The average molecular weight is 795 g/mol. The number of para-hydroxylation sites is 3.